The fraction of sp³-hybridized carbons (Fsp3) is 0.333. The van der Waals surface area contributed by atoms with Gasteiger partial charge in [-0.3, -0.25) is 14.2 Å². The molecule has 2 amide bonds. The van der Waals surface area contributed by atoms with Crippen LogP contribution in [0.4, 0.5) is 0 Å². The van der Waals surface area contributed by atoms with Crippen LogP contribution in [0.2, 0.25) is 0 Å². The van der Waals surface area contributed by atoms with Crippen LogP contribution in [0.5, 0.6) is 5.75 Å². The van der Waals surface area contributed by atoms with Crippen molar-refractivity contribution in [3.8, 4) is 22.8 Å². The summed E-state index contributed by atoms with van der Waals surface area (Å²) in [5.74, 6) is 2.43. The summed E-state index contributed by atoms with van der Waals surface area (Å²) >= 11 is 1.66. The van der Waals surface area contributed by atoms with E-state index in [0.717, 1.165) is 40.8 Å². The summed E-state index contributed by atoms with van der Waals surface area (Å²) < 4.78 is 7.74. The molecule has 218 valence electrons. The zero-order valence-electron chi connectivity index (χ0n) is 24.2. The van der Waals surface area contributed by atoms with Crippen LogP contribution in [0.3, 0.4) is 0 Å². The first-order chi connectivity index (χ1) is 20.5. The number of aromatic nitrogens is 3. The van der Waals surface area contributed by atoms with Gasteiger partial charge in [0.15, 0.2) is 17.6 Å². The van der Waals surface area contributed by atoms with Gasteiger partial charge in [-0.15, -0.1) is 10.2 Å². The molecule has 1 saturated heterocycles. The minimum absolute atomic E-state index is 0.00445. The summed E-state index contributed by atoms with van der Waals surface area (Å²) in [6.45, 7) is 5.70. The number of nitrogens with zero attached hydrogens (tertiary/aromatic N) is 5. The number of carbonyl (C=O) groups is 2. The molecule has 0 bridgehead atoms. The zero-order valence-corrected chi connectivity index (χ0v) is 25.0. The van der Waals surface area contributed by atoms with Gasteiger partial charge in [0.1, 0.15) is 5.75 Å². The molecule has 1 unspecified atom stereocenters. The van der Waals surface area contributed by atoms with E-state index in [4.69, 9.17) is 4.74 Å². The summed E-state index contributed by atoms with van der Waals surface area (Å²) in [6.07, 6.45) is 2.19. The highest BCUT2D eigenvalue weighted by atomic mass is 32.2. The Morgan fingerprint density at radius 3 is 2.31 bits per heavy atom. The molecule has 0 radical (unpaired) electrons. The molecule has 5 rings (SSSR count). The third kappa shape index (κ3) is 7.39. The lowest BCUT2D eigenvalue weighted by atomic mass is 10.1. The molecular formula is C33H37N5O3S. The fourth-order valence-corrected chi connectivity index (χ4v) is 6.01. The number of carbonyl (C=O) groups excluding carboxylic acids is 2. The van der Waals surface area contributed by atoms with E-state index in [0.29, 0.717) is 31.8 Å². The van der Waals surface area contributed by atoms with Gasteiger partial charge in [-0.1, -0.05) is 78.0 Å². The van der Waals surface area contributed by atoms with Crippen molar-refractivity contribution in [2.24, 2.45) is 0 Å². The van der Waals surface area contributed by atoms with E-state index in [9.17, 15) is 9.59 Å². The van der Waals surface area contributed by atoms with Gasteiger partial charge >= 0.3 is 0 Å². The smallest absolute Gasteiger partial charge is 0.260 e. The molecule has 1 fully saturated rings. The Morgan fingerprint density at radius 2 is 1.60 bits per heavy atom. The van der Waals surface area contributed by atoms with Crippen molar-refractivity contribution in [3.05, 3.63) is 90.5 Å². The van der Waals surface area contributed by atoms with E-state index in [1.165, 1.54) is 5.56 Å². The number of hydrogen-bond acceptors (Lipinski definition) is 6. The Kier molecular flexibility index (Phi) is 9.92. The van der Waals surface area contributed by atoms with E-state index in [2.05, 4.69) is 46.0 Å². The van der Waals surface area contributed by atoms with Gasteiger partial charge in [0.2, 0.25) is 5.91 Å². The third-order valence-corrected chi connectivity index (χ3v) is 8.39. The molecule has 9 heteroatoms. The molecule has 0 aliphatic carbocycles. The van der Waals surface area contributed by atoms with Crippen LogP contribution in [0.15, 0.2) is 90.1 Å². The number of amides is 2. The van der Waals surface area contributed by atoms with Gasteiger partial charge in [-0.05, 0) is 51.0 Å². The first-order valence-corrected chi connectivity index (χ1v) is 15.4. The number of piperazine rings is 1. The lowest BCUT2D eigenvalue weighted by Crippen LogP contribution is -2.56. The Bertz CT molecular complexity index is 1460. The van der Waals surface area contributed by atoms with Crippen molar-refractivity contribution in [2.45, 2.75) is 44.3 Å². The number of para-hydroxylation sites is 1. The van der Waals surface area contributed by atoms with E-state index in [1.807, 2.05) is 77.4 Å². The molecule has 3 aromatic carbocycles. The second-order valence-electron chi connectivity index (χ2n) is 10.5. The normalized spacial score (nSPS) is 15.0. The standard InChI is InChI=1S/C33H37N5O3S/c1-25-16-18-28(19-17-25)38-32(27-11-5-3-6-12-27)34-35-33(38)42-22-10-9-15-30(39)36-20-21-37(26(2)23-36)31(40)24-41-29-13-7-4-8-14-29/h3-8,11-14,16-19,26H,9-10,15,20-24H2,1-2H3. The molecule has 0 saturated carbocycles. The summed E-state index contributed by atoms with van der Waals surface area (Å²) in [5, 5.41) is 9.88. The van der Waals surface area contributed by atoms with Gasteiger partial charge in [-0.25, -0.2) is 0 Å². The average molecular weight is 584 g/mol. The summed E-state index contributed by atoms with van der Waals surface area (Å²) in [5.41, 5.74) is 3.25. The van der Waals surface area contributed by atoms with Crippen LogP contribution in [0.25, 0.3) is 17.1 Å². The summed E-state index contributed by atoms with van der Waals surface area (Å²) in [7, 11) is 0. The Morgan fingerprint density at radius 1 is 0.881 bits per heavy atom. The topological polar surface area (TPSA) is 80.6 Å². The number of benzene rings is 3. The zero-order chi connectivity index (χ0) is 29.3. The number of rotatable bonds is 11. The average Bonchev–Trinajstić information content (AvgIpc) is 3.44. The maximum atomic E-state index is 13.0. The predicted octanol–water partition coefficient (Wildman–Crippen LogP) is 5.64. The van der Waals surface area contributed by atoms with E-state index >= 15 is 0 Å². The van der Waals surface area contributed by atoms with Gasteiger partial charge in [0.25, 0.3) is 5.91 Å². The number of ether oxygens (including phenoxy) is 1. The molecule has 0 N–H and O–H groups in total. The highest BCUT2D eigenvalue weighted by molar-refractivity contribution is 7.99. The number of thioether (sulfide) groups is 1. The molecule has 2 heterocycles. The first-order valence-electron chi connectivity index (χ1n) is 14.5. The lowest BCUT2D eigenvalue weighted by molar-refractivity contribution is -0.143. The lowest BCUT2D eigenvalue weighted by Gasteiger charge is -2.40. The molecule has 8 nitrogen and oxygen atoms in total. The van der Waals surface area contributed by atoms with E-state index in [1.54, 1.807) is 11.8 Å². The van der Waals surface area contributed by atoms with Crippen LogP contribution < -0.4 is 4.74 Å². The van der Waals surface area contributed by atoms with Crippen molar-refractivity contribution in [1.29, 1.82) is 0 Å². The van der Waals surface area contributed by atoms with Gasteiger partial charge in [0, 0.05) is 49.1 Å². The van der Waals surface area contributed by atoms with Crippen molar-refractivity contribution in [3.63, 3.8) is 0 Å². The Labute approximate surface area is 251 Å². The molecule has 1 aromatic heterocycles. The predicted molar refractivity (Wildman–Crippen MR) is 166 cm³/mol. The molecule has 1 atom stereocenters. The second-order valence-corrected chi connectivity index (χ2v) is 11.6. The summed E-state index contributed by atoms with van der Waals surface area (Å²) in [4.78, 5) is 29.4. The maximum Gasteiger partial charge on any atom is 0.260 e. The van der Waals surface area contributed by atoms with Crippen LogP contribution in [-0.4, -0.2) is 74.4 Å². The highest BCUT2D eigenvalue weighted by Gasteiger charge is 2.29. The molecule has 42 heavy (non-hydrogen) atoms. The third-order valence-electron chi connectivity index (χ3n) is 7.38. The quantitative estimate of drug-likeness (QED) is 0.168. The van der Waals surface area contributed by atoms with Crippen LogP contribution in [-0.2, 0) is 9.59 Å². The molecule has 0 spiro atoms. The highest BCUT2D eigenvalue weighted by Crippen LogP contribution is 2.28. The van der Waals surface area contributed by atoms with Gasteiger partial charge in [-0.2, -0.15) is 0 Å². The van der Waals surface area contributed by atoms with Crippen molar-refractivity contribution >= 4 is 23.6 Å². The minimum Gasteiger partial charge on any atom is -0.484 e. The number of unbranched alkanes of at least 4 members (excludes halogenated alkanes) is 1. The summed E-state index contributed by atoms with van der Waals surface area (Å²) in [6, 6.07) is 27.8. The van der Waals surface area contributed by atoms with E-state index < -0.39 is 0 Å². The van der Waals surface area contributed by atoms with Crippen molar-refractivity contribution in [2.75, 3.05) is 32.0 Å². The largest absolute Gasteiger partial charge is 0.484 e. The fourth-order valence-electron chi connectivity index (χ4n) is 5.06. The van der Waals surface area contributed by atoms with Gasteiger partial charge < -0.3 is 14.5 Å². The monoisotopic (exact) mass is 583 g/mol. The van der Waals surface area contributed by atoms with Crippen LogP contribution in [0, 0.1) is 6.92 Å². The van der Waals surface area contributed by atoms with Crippen LogP contribution >= 0.6 is 11.8 Å². The van der Waals surface area contributed by atoms with Gasteiger partial charge in [0.05, 0.1) is 0 Å². The van der Waals surface area contributed by atoms with Crippen molar-refractivity contribution < 1.29 is 14.3 Å². The number of hydrogen-bond donors (Lipinski definition) is 0. The minimum atomic E-state index is -0.0515. The Balaban J connectivity index is 1.09. The maximum absolute atomic E-state index is 13.0. The molecule has 4 aromatic rings. The molecule has 1 aliphatic heterocycles. The number of aryl methyl sites for hydroxylation is 1. The molecule has 1 aliphatic rings. The molecular weight excluding hydrogens is 546 g/mol. The first kappa shape index (κ1) is 29.4. The van der Waals surface area contributed by atoms with E-state index in [-0.39, 0.29) is 24.5 Å². The van der Waals surface area contributed by atoms with Crippen molar-refractivity contribution in [1.82, 2.24) is 24.6 Å². The Hall–Kier alpha value is -4.11. The SMILES string of the molecule is Cc1ccc(-n2c(SCCCCC(=O)N3CCN(C(=O)COc4ccccc4)C(C)C3)nnc2-c2ccccc2)cc1. The van der Waals surface area contributed by atoms with Crippen LogP contribution in [0.1, 0.15) is 31.7 Å². The second kappa shape index (κ2) is 14.2.